The van der Waals surface area contributed by atoms with Crippen LogP contribution < -0.4 is 9.47 Å². The highest BCUT2D eigenvalue weighted by atomic mass is 16.5. The minimum Gasteiger partial charge on any atom is -0.496 e. The zero-order valence-electron chi connectivity index (χ0n) is 12.8. The maximum atomic E-state index is 10.5. The van der Waals surface area contributed by atoms with Crippen LogP contribution in [0.25, 0.3) is 0 Å². The van der Waals surface area contributed by atoms with Gasteiger partial charge in [-0.15, -0.1) is 0 Å². The summed E-state index contributed by atoms with van der Waals surface area (Å²) in [7, 11) is 1.63. The van der Waals surface area contributed by atoms with Crippen LogP contribution in [0.5, 0.6) is 11.5 Å². The van der Waals surface area contributed by atoms with Crippen molar-refractivity contribution < 1.29 is 14.6 Å². The number of hydrogen-bond acceptors (Lipinski definition) is 4. The summed E-state index contributed by atoms with van der Waals surface area (Å²) >= 11 is 0. The number of methoxy groups -OCH3 is 1. The summed E-state index contributed by atoms with van der Waals surface area (Å²) in [6.07, 6.45) is 2.63. The number of aliphatic hydroxyl groups excluding tert-OH is 1. The van der Waals surface area contributed by atoms with E-state index in [1.165, 1.54) is 0 Å². The predicted octanol–water partition coefficient (Wildman–Crippen LogP) is 3.27. The average Bonchev–Trinajstić information content (AvgIpc) is 2.46. The van der Waals surface area contributed by atoms with Gasteiger partial charge in [0.2, 0.25) is 0 Å². The number of rotatable bonds is 5. The standard InChI is InChI=1S/C17H21NO3/c1-11(2)21-15-8-14(9-18-10-15)17(19)13-5-6-16(20-4)12(3)7-13/h5-11,17,19H,1-4H3. The minimum absolute atomic E-state index is 0.0717. The molecule has 0 amide bonds. The molecule has 1 N–H and O–H groups in total. The quantitative estimate of drug-likeness (QED) is 0.917. The SMILES string of the molecule is COc1ccc(C(O)c2cncc(OC(C)C)c2)cc1C. The molecule has 0 saturated heterocycles. The van der Waals surface area contributed by atoms with Gasteiger partial charge in [-0.3, -0.25) is 4.98 Å². The highest BCUT2D eigenvalue weighted by Gasteiger charge is 2.13. The maximum Gasteiger partial charge on any atom is 0.138 e. The Morgan fingerprint density at radius 3 is 2.48 bits per heavy atom. The smallest absolute Gasteiger partial charge is 0.138 e. The molecule has 0 aliphatic heterocycles. The molecule has 1 aromatic heterocycles. The minimum atomic E-state index is -0.738. The van der Waals surface area contributed by atoms with Crippen LogP contribution in [0, 0.1) is 6.92 Å². The number of benzene rings is 1. The molecule has 0 saturated carbocycles. The van der Waals surface area contributed by atoms with Crippen molar-refractivity contribution in [1.29, 1.82) is 0 Å². The normalized spacial score (nSPS) is 12.3. The van der Waals surface area contributed by atoms with Gasteiger partial charge < -0.3 is 14.6 Å². The van der Waals surface area contributed by atoms with Gasteiger partial charge in [0, 0.05) is 11.8 Å². The summed E-state index contributed by atoms with van der Waals surface area (Å²) in [5.41, 5.74) is 2.49. The summed E-state index contributed by atoms with van der Waals surface area (Å²) in [5.74, 6) is 1.47. The highest BCUT2D eigenvalue weighted by molar-refractivity contribution is 5.40. The van der Waals surface area contributed by atoms with Crippen LogP contribution in [0.3, 0.4) is 0 Å². The van der Waals surface area contributed by atoms with Crippen LogP contribution >= 0.6 is 0 Å². The van der Waals surface area contributed by atoms with Crippen molar-refractivity contribution in [2.45, 2.75) is 33.0 Å². The molecule has 1 aromatic carbocycles. The van der Waals surface area contributed by atoms with Gasteiger partial charge in [0.25, 0.3) is 0 Å². The molecule has 4 nitrogen and oxygen atoms in total. The Balaban J connectivity index is 2.27. The second-order valence-corrected chi connectivity index (χ2v) is 5.25. The maximum absolute atomic E-state index is 10.5. The summed E-state index contributed by atoms with van der Waals surface area (Å²) in [5, 5.41) is 10.5. The van der Waals surface area contributed by atoms with Gasteiger partial charge in [0.05, 0.1) is 19.4 Å². The molecule has 21 heavy (non-hydrogen) atoms. The molecule has 0 spiro atoms. The number of hydrogen-bond donors (Lipinski definition) is 1. The molecule has 2 rings (SSSR count). The second kappa shape index (κ2) is 6.59. The predicted molar refractivity (Wildman–Crippen MR) is 81.8 cm³/mol. The van der Waals surface area contributed by atoms with Gasteiger partial charge in [-0.25, -0.2) is 0 Å². The molecule has 4 heteroatoms. The van der Waals surface area contributed by atoms with Gasteiger partial charge in [-0.1, -0.05) is 6.07 Å². The molecule has 0 fully saturated rings. The fraction of sp³-hybridized carbons (Fsp3) is 0.353. The van der Waals surface area contributed by atoms with Gasteiger partial charge in [-0.2, -0.15) is 0 Å². The van der Waals surface area contributed by atoms with Gasteiger partial charge in [0.15, 0.2) is 0 Å². The number of pyridine rings is 1. The molecule has 0 aliphatic rings. The molecule has 0 radical (unpaired) electrons. The van der Waals surface area contributed by atoms with Crippen LogP contribution in [-0.4, -0.2) is 23.3 Å². The van der Waals surface area contributed by atoms with Crippen LogP contribution in [0.15, 0.2) is 36.7 Å². The monoisotopic (exact) mass is 287 g/mol. The van der Waals surface area contributed by atoms with E-state index in [0.29, 0.717) is 11.3 Å². The summed E-state index contributed by atoms with van der Waals surface area (Å²) in [4.78, 5) is 4.13. The first-order chi connectivity index (χ1) is 10.0. The van der Waals surface area contributed by atoms with Crippen LogP contribution in [-0.2, 0) is 0 Å². The number of aryl methyl sites for hydroxylation is 1. The zero-order valence-corrected chi connectivity index (χ0v) is 12.8. The summed E-state index contributed by atoms with van der Waals surface area (Å²) in [6.45, 7) is 5.86. The largest absolute Gasteiger partial charge is 0.496 e. The molecule has 112 valence electrons. The Morgan fingerprint density at radius 1 is 1.10 bits per heavy atom. The van der Waals surface area contributed by atoms with Crippen molar-refractivity contribution in [3.63, 3.8) is 0 Å². The topological polar surface area (TPSA) is 51.6 Å². The van der Waals surface area contributed by atoms with Crippen LogP contribution in [0.1, 0.15) is 36.6 Å². The third-order valence-electron chi connectivity index (χ3n) is 3.16. The molecule has 1 heterocycles. The van der Waals surface area contributed by atoms with Crippen molar-refractivity contribution in [3.8, 4) is 11.5 Å². The molecule has 2 aromatic rings. The third-order valence-corrected chi connectivity index (χ3v) is 3.16. The lowest BCUT2D eigenvalue weighted by molar-refractivity contribution is 0.215. The van der Waals surface area contributed by atoms with Gasteiger partial charge >= 0.3 is 0 Å². The number of aliphatic hydroxyl groups is 1. The Hall–Kier alpha value is -2.07. The molecular formula is C17H21NO3. The van der Waals surface area contributed by atoms with E-state index >= 15 is 0 Å². The second-order valence-electron chi connectivity index (χ2n) is 5.25. The average molecular weight is 287 g/mol. The molecule has 0 aliphatic carbocycles. The van der Waals surface area contributed by atoms with E-state index in [-0.39, 0.29) is 6.10 Å². The van der Waals surface area contributed by atoms with Crippen molar-refractivity contribution in [1.82, 2.24) is 4.98 Å². The fourth-order valence-electron chi connectivity index (χ4n) is 2.19. The Bertz CT molecular complexity index is 611. The number of ether oxygens (including phenoxy) is 2. The lowest BCUT2D eigenvalue weighted by Gasteiger charge is -2.15. The molecule has 1 unspecified atom stereocenters. The van der Waals surface area contributed by atoms with E-state index in [2.05, 4.69) is 4.98 Å². The first kappa shape index (κ1) is 15.3. The Morgan fingerprint density at radius 2 is 1.86 bits per heavy atom. The summed E-state index contributed by atoms with van der Waals surface area (Å²) in [6, 6.07) is 7.44. The summed E-state index contributed by atoms with van der Waals surface area (Å²) < 4.78 is 10.8. The molecule has 1 atom stereocenters. The Kier molecular flexibility index (Phi) is 4.81. The number of nitrogens with zero attached hydrogens (tertiary/aromatic N) is 1. The van der Waals surface area contributed by atoms with Crippen molar-refractivity contribution >= 4 is 0 Å². The zero-order chi connectivity index (χ0) is 15.4. The molecule has 0 bridgehead atoms. The third kappa shape index (κ3) is 3.73. The van der Waals surface area contributed by atoms with Crippen molar-refractivity contribution in [2.24, 2.45) is 0 Å². The van der Waals surface area contributed by atoms with E-state index in [0.717, 1.165) is 16.9 Å². The van der Waals surface area contributed by atoms with Gasteiger partial charge in [-0.05, 0) is 50.1 Å². The van der Waals surface area contributed by atoms with E-state index in [4.69, 9.17) is 9.47 Å². The van der Waals surface area contributed by atoms with E-state index in [1.54, 1.807) is 19.5 Å². The van der Waals surface area contributed by atoms with Crippen molar-refractivity contribution in [3.05, 3.63) is 53.3 Å². The lowest BCUT2D eigenvalue weighted by Crippen LogP contribution is -2.07. The van der Waals surface area contributed by atoms with E-state index < -0.39 is 6.10 Å². The Labute approximate surface area is 125 Å². The van der Waals surface area contributed by atoms with Gasteiger partial charge in [0.1, 0.15) is 17.6 Å². The highest BCUT2D eigenvalue weighted by Crippen LogP contribution is 2.28. The molecular weight excluding hydrogens is 266 g/mol. The first-order valence-electron chi connectivity index (χ1n) is 6.95. The van der Waals surface area contributed by atoms with E-state index in [9.17, 15) is 5.11 Å². The number of aromatic nitrogens is 1. The fourth-order valence-corrected chi connectivity index (χ4v) is 2.19. The van der Waals surface area contributed by atoms with Crippen LogP contribution in [0.4, 0.5) is 0 Å². The van der Waals surface area contributed by atoms with Crippen LogP contribution in [0.2, 0.25) is 0 Å². The van der Waals surface area contributed by atoms with Crippen molar-refractivity contribution in [2.75, 3.05) is 7.11 Å². The van der Waals surface area contributed by atoms with E-state index in [1.807, 2.05) is 45.0 Å². The lowest BCUT2D eigenvalue weighted by atomic mass is 10.0. The first-order valence-corrected chi connectivity index (χ1v) is 6.95.